The lowest BCUT2D eigenvalue weighted by atomic mass is 9.97. The van der Waals surface area contributed by atoms with Crippen LogP contribution >= 0.6 is 11.6 Å². The van der Waals surface area contributed by atoms with Gasteiger partial charge in [-0.05, 0) is 63.2 Å². The predicted molar refractivity (Wildman–Crippen MR) is 115 cm³/mol. The Morgan fingerprint density at radius 2 is 2.04 bits per heavy atom. The van der Waals surface area contributed by atoms with Gasteiger partial charge in [0.1, 0.15) is 11.0 Å². The SMILES string of the molecule is C=C(C)/C(C(=O)Nc1ccc(N2CCCC(C)CCC2)nc1)=C(/Cl)N=CC. The Bertz CT molecular complexity index is 714. The van der Waals surface area contributed by atoms with Gasteiger partial charge in [-0.2, -0.15) is 0 Å². The fraction of sp³-hybridized carbons (Fsp3) is 0.476. The lowest BCUT2D eigenvalue weighted by molar-refractivity contribution is -0.112. The maximum Gasteiger partial charge on any atom is 0.259 e. The number of hydrogen-bond acceptors (Lipinski definition) is 4. The number of halogens is 1. The molecule has 1 saturated heterocycles. The maximum absolute atomic E-state index is 12.5. The van der Waals surface area contributed by atoms with Gasteiger partial charge in [0.2, 0.25) is 0 Å². The van der Waals surface area contributed by atoms with Crippen LogP contribution in [0.4, 0.5) is 11.5 Å². The summed E-state index contributed by atoms with van der Waals surface area (Å²) >= 11 is 6.11. The molecule has 0 unspecified atom stereocenters. The van der Waals surface area contributed by atoms with E-state index in [-0.39, 0.29) is 16.6 Å². The average molecular weight is 389 g/mol. The minimum absolute atomic E-state index is 0.127. The van der Waals surface area contributed by atoms with Crippen molar-refractivity contribution in [1.82, 2.24) is 4.98 Å². The number of carbonyl (C=O) groups is 1. The van der Waals surface area contributed by atoms with Crippen LogP contribution in [0.15, 0.2) is 46.2 Å². The molecule has 2 rings (SSSR count). The molecule has 0 spiro atoms. The van der Waals surface area contributed by atoms with E-state index in [9.17, 15) is 4.79 Å². The summed E-state index contributed by atoms with van der Waals surface area (Å²) in [5, 5.41) is 2.95. The molecule has 1 aromatic rings. The summed E-state index contributed by atoms with van der Waals surface area (Å²) in [5.41, 5.74) is 1.45. The van der Waals surface area contributed by atoms with Crippen LogP contribution in [0.5, 0.6) is 0 Å². The molecular formula is C21H29ClN4O. The van der Waals surface area contributed by atoms with Gasteiger partial charge in [0.15, 0.2) is 0 Å². The predicted octanol–water partition coefficient (Wildman–Crippen LogP) is 5.15. The van der Waals surface area contributed by atoms with Gasteiger partial charge >= 0.3 is 0 Å². The minimum Gasteiger partial charge on any atom is -0.357 e. The van der Waals surface area contributed by atoms with Crippen molar-refractivity contribution in [3.8, 4) is 0 Å². The molecular weight excluding hydrogens is 360 g/mol. The van der Waals surface area contributed by atoms with Crippen LogP contribution < -0.4 is 10.2 Å². The molecule has 6 heteroatoms. The Balaban J connectivity index is 2.07. The van der Waals surface area contributed by atoms with E-state index in [0.717, 1.165) is 24.8 Å². The third kappa shape index (κ3) is 6.21. The van der Waals surface area contributed by atoms with E-state index in [4.69, 9.17) is 11.6 Å². The van der Waals surface area contributed by atoms with Gasteiger partial charge < -0.3 is 10.2 Å². The van der Waals surface area contributed by atoms with Gasteiger partial charge in [-0.25, -0.2) is 9.98 Å². The highest BCUT2D eigenvalue weighted by atomic mass is 35.5. The number of anilines is 2. The molecule has 146 valence electrons. The summed E-state index contributed by atoms with van der Waals surface area (Å²) in [4.78, 5) is 23.4. The zero-order chi connectivity index (χ0) is 19.8. The summed E-state index contributed by atoms with van der Waals surface area (Å²) in [6, 6.07) is 3.82. The number of pyridine rings is 1. The summed E-state index contributed by atoms with van der Waals surface area (Å²) in [6.07, 6.45) is 8.12. The third-order valence-corrected chi connectivity index (χ3v) is 4.97. The van der Waals surface area contributed by atoms with Crippen molar-refractivity contribution in [2.45, 2.75) is 46.5 Å². The molecule has 5 nitrogen and oxygen atoms in total. The normalized spacial score (nSPS) is 17.3. The smallest absolute Gasteiger partial charge is 0.259 e. The number of rotatable bonds is 5. The van der Waals surface area contributed by atoms with E-state index >= 15 is 0 Å². The first-order chi connectivity index (χ1) is 12.9. The molecule has 0 aromatic carbocycles. The molecule has 1 amide bonds. The van der Waals surface area contributed by atoms with E-state index in [0.29, 0.717) is 11.3 Å². The number of hydrogen-bond donors (Lipinski definition) is 1. The first-order valence-corrected chi connectivity index (χ1v) is 9.86. The molecule has 1 fully saturated rings. The van der Waals surface area contributed by atoms with Gasteiger partial charge in [-0.15, -0.1) is 0 Å². The fourth-order valence-corrected chi connectivity index (χ4v) is 3.57. The molecule has 0 radical (unpaired) electrons. The molecule has 0 atom stereocenters. The molecule has 2 heterocycles. The molecule has 0 saturated carbocycles. The second-order valence-corrected chi connectivity index (χ2v) is 7.43. The van der Waals surface area contributed by atoms with Crippen molar-refractivity contribution in [1.29, 1.82) is 0 Å². The number of aliphatic imine (C=N–C) groups is 1. The molecule has 0 aliphatic carbocycles. The standard InChI is InChI=1S/C21H29ClN4O/c1-5-23-20(22)19(15(2)3)21(27)25-17-10-11-18(24-14-17)26-12-6-8-16(4)9-7-13-26/h5,10-11,14,16H,2,6-9,12-13H2,1,3-4H3,(H,25,27)/b20-19+,23-5?. The van der Waals surface area contributed by atoms with E-state index in [1.807, 2.05) is 12.1 Å². The van der Waals surface area contributed by atoms with Crippen molar-refractivity contribution < 1.29 is 4.79 Å². The van der Waals surface area contributed by atoms with Crippen molar-refractivity contribution in [2.24, 2.45) is 10.9 Å². The lowest BCUT2D eigenvalue weighted by Gasteiger charge is -2.27. The van der Waals surface area contributed by atoms with Crippen molar-refractivity contribution in [2.75, 3.05) is 23.3 Å². The number of nitrogens with one attached hydrogen (secondary N) is 1. The highest BCUT2D eigenvalue weighted by Crippen LogP contribution is 2.23. The second kappa shape index (κ2) is 10.3. The maximum atomic E-state index is 12.5. The lowest BCUT2D eigenvalue weighted by Crippen LogP contribution is -2.29. The number of amides is 1. The molecule has 27 heavy (non-hydrogen) atoms. The fourth-order valence-electron chi connectivity index (χ4n) is 3.23. The van der Waals surface area contributed by atoms with Gasteiger partial charge in [0.05, 0.1) is 17.5 Å². The summed E-state index contributed by atoms with van der Waals surface area (Å²) in [5.74, 6) is 1.43. The molecule has 1 aromatic heterocycles. The van der Waals surface area contributed by atoms with Crippen molar-refractivity contribution in [3.05, 3.63) is 41.2 Å². The second-order valence-electron chi connectivity index (χ2n) is 7.07. The topological polar surface area (TPSA) is 57.6 Å². The Kier molecular flexibility index (Phi) is 8.04. The van der Waals surface area contributed by atoms with Crippen LogP contribution in [0.1, 0.15) is 46.5 Å². The molecule has 1 N–H and O–H groups in total. The largest absolute Gasteiger partial charge is 0.357 e. The van der Waals surface area contributed by atoms with Crippen LogP contribution in [0.25, 0.3) is 0 Å². The van der Waals surface area contributed by atoms with Crippen LogP contribution in [-0.2, 0) is 4.79 Å². The monoisotopic (exact) mass is 388 g/mol. The Morgan fingerprint density at radius 1 is 1.37 bits per heavy atom. The van der Waals surface area contributed by atoms with Gasteiger partial charge in [-0.3, -0.25) is 4.79 Å². The van der Waals surface area contributed by atoms with Gasteiger partial charge in [0.25, 0.3) is 5.91 Å². The zero-order valence-corrected chi connectivity index (χ0v) is 17.2. The van der Waals surface area contributed by atoms with E-state index < -0.39 is 0 Å². The summed E-state index contributed by atoms with van der Waals surface area (Å²) < 4.78 is 0. The Hall–Kier alpha value is -2.14. The first-order valence-electron chi connectivity index (χ1n) is 9.49. The van der Waals surface area contributed by atoms with Crippen molar-refractivity contribution >= 4 is 35.2 Å². The first kappa shape index (κ1) is 21.2. The number of carbonyl (C=O) groups excluding carboxylic acids is 1. The number of aromatic nitrogens is 1. The number of nitrogens with zero attached hydrogens (tertiary/aromatic N) is 3. The van der Waals surface area contributed by atoms with Crippen LogP contribution in [0.2, 0.25) is 0 Å². The third-order valence-electron chi connectivity index (χ3n) is 4.68. The van der Waals surface area contributed by atoms with Gasteiger partial charge in [-0.1, -0.05) is 25.1 Å². The molecule has 1 aliphatic heterocycles. The zero-order valence-electron chi connectivity index (χ0n) is 16.5. The van der Waals surface area contributed by atoms with Crippen LogP contribution in [-0.4, -0.2) is 30.2 Å². The van der Waals surface area contributed by atoms with E-state index in [1.54, 1.807) is 26.3 Å². The van der Waals surface area contributed by atoms with Crippen LogP contribution in [0.3, 0.4) is 0 Å². The highest BCUT2D eigenvalue weighted by molar-refractivity contribution is 6.33. The quantitative estimate of drug-likeness (QED) is 0.328. The Labute approximate surface area is 167 Å². The Morgan fingerprint density at radius 3 is 2.56 bits per heavy atom. The summed E-state index contributed by atoms with van der Waals surface area (Å²) in [6.45, 7) is 11.7. The van der Waals surface area contributed by atoms with E-state index in [2.05, 4.69) is 33.7 Å². The highest BCUT2D eigenvalue weighted by Gasteiger charge is 2.17. The minimum atomic E-state index is -0.340. The summed E-state index contributed by atoms with van der Waals surface area (Å²) in [7, 11) is 0. The molecule has 1 aliphatic rings. The van der Waals surface area contributed by atoms with E-state index in [1.165, 1.54) is 25.7 Å². The molecule has 0 bridgehead atoms. The average Bonchev–Trinajstić information content (AvgIpc) is 2.59. The van der Waals surface area contributed by atoms with Crippen LogP contribution in [0, 0.1) is 5.92 Å². The van der Waals surface area contributed by atoms with Crippen molar-refractivity contribution in [3.63, 3.8) is 0 Å². The van der Waals surface area contributed by atoms with Gasteiger partial charge in [0, 0.05) is 19.3 Å².